The molecule has 1 heterocycles. The van der Waals surface area contributed by atoms with E-state index >= 15 is 0 Å². The van der Waals surface area contributed by atoms with Crippen molar-refractivity contribution in [3.8, 4) is 0 Å². The molecule has 1 unspecified atom stereocenters. The van der Waals surface area contributed by atoms with E-state index in [-0.39, 0.29) is 10.6 Å². The van der Waals surface area contributed by atoms with E-state index in [1.807, 2.05) is 7.05 Å². The SMILES string of the molecule is CCN1CCCC1CN(C)Cc1cc([N+](=O)[O-])ccc1Cl. The molecule has 0 amide bonds. The molecule has 1 atom stereocenters. The Morgan fingerprint density at radius 1 is 1.52 bits per heavy atom. The second-order valence-electron chi connectivity index (χ2n) is 5.65. The third-order valence-electron chi connectivity index (χ3n) is 4.11. The molecule has 0 aliphatic carbocycles. The highest BCUT2D eigenvalue weighted by molar-refractivity contribution is 6.31. The molecule has 1 fully saturated rings. The van der Waals surface area contributed by atoms with Gasteiger partial charge in [0.25, 0.3) is 5.69 Å². The van der Waals surface area contributed by atoms with E-state index in [1.54, 1.807) is 12.1 Å². The normalized spacial score (nSPS) is 19.3. The van der Waals surface area contributed by atoms with Gasteiger partial charge >= 0.3 is 0 Å². The zero-order valence-electron chi connectivity index (χ0n) is 12.6. The molecule has 1 aromatic rings. The first-order valence-electron chi connectivity index (χ1n) is 7.36. The van der Waals surface area contributed by atoms with Crippen molar-refractivity contribution < 1.29 is 4.92 Å². The molecule has 2 rings (SSSR count). The van der Waals surface area contributed by atoms with E-state index in [2.05, 4.69) is 16.7 Å². The summed E-state index contributed by atoms with van der Waals surface area (Å²) in [6.45, 7) is 6.04. The fourth-order valence-corrected chi connectivity index (χ4v) is 3.21. The Morgan fingerprint density at radius 3 is 2.95 bits per heavy atom. The van der Waals surface area contributed by atoms with Crippen LogP contribution >= 0.6 is 11.6 Å². The molecule has 0 bridgehead atoms. The van der Waals surface area contributed by atoms with Gasteiger partial charge in [0.15, 0.2) is 0 Å². The van der Waals surface area contributed by atoms with Gasteiger partial charge in [-0.15, -0.1) is 0 Å². The Hall–Kier alpha value is -1.17. The standard InChI is InChI=1S/C15H22ClN3O2/c1-3-18-8-4-5-14(18)11-17(2)10-12-9-13(19(20)21)6-7-15(12)16/h6-7,9,14H,3-5,8,10-11H2,1-2H3. The molecule has 5 nitrogen and oxygen atoms in total. The van der Waals surface area contributed by atoms with Gasteiger partial charge in [0, 0.05) is 36.3 Å². The lowest BCUT2D eigenvalue weighted by Gasteiger charge is -2.27. The zero-order valence-corrected chi connectivity index (χ0v) is 13.3. The number of non-ortho nitro benzene ring substituents is 1. The third-order valence-corrected chi connectivity index (χ3v) is 4.48. The Kier molecular flexibility index (Phi) is 5.56. The van der Waals surface area contributed by atoms with Crippen LogP contribution in [-0.4, -0.2) is 47.4 Å². The average molecular weight is 312 g/mol. The number of likely N-dealkylation sites (tertiary alicyclic amines) is 1. The minimum atomic E-state index is -0.379. The quantitative estimate of drug-likeness (QED) is 0.598. The molecule has 1 aliphatic rings. The number of rotatable bonds is 6. The molecule has 1 saturated heterocycles. The number of halogens is 1. The minimum absolute atomic E-state index is 0.0962. The van der Waals surface area contributed by atoms with Gasteiger partial charge < -0.3 is 4.90 Å². The van der Waals surface area contributed by atoms with Crippen LogP contribution < -0.4 is 0 Å². The van der Waals surface area contributed by atoms with Crippen LogP contribution in [-0.2, 0) is 6.54 Å². The highest BCUT2D eigenvalue weighted by Gasteiger charge is 2.24. The second-order valence-corrected chi connectivity index (χ2v) is 6.06. The number of nitro groups is 1. The first-order valence-corrected chi connectivity index (χ1v) is 7.74. The fourth-order valence-electron chi connectivity index (χ4n) is 3.03. The number of nitro benzene ring substituents is 1. The zero-order chi connectivity index (χ0) is 15.4. The summed E-state index contributed by atoms with van der Waals surface area (Å²) >= 11 is 6.16. The molecular weight excluding hydrogens is 290 g/mol. The van der Waals surface area contributed by atoms with Gasteiger partial charge in [-0.2, -0.15) is 0 Å². The van der Waals surface area contributed by atoms with Gasteiger partial charge in [0.05, 0.1) is 4.92 Å². The van der Waals surface area contributed by atoms with Crippen LogP contribution in [0.1, 0.15) is 25.3 Å². The molecule has 116 valence electrons. The molecule has 1 aliphatic heterocycles. The highest BCUT2D eigenvalue weighted by Crippen LogP contribution is 2.24. The molecule has 21 heavy (non-hydrogen) atoms. The predicted octanol–water partition coefficient (Wildman–Crippen LogP) is 3.16. The summed E-state index contributed by atoms with van der Waals surface area (Å²) < 4.78 is 0. The lowest BCUT2D eigenvalue weighted by molar-refractivity contribution is -0.384. The van der Waals surface area contributed by atoms with Crippen LogP contribution in [0.25, 0.3) is 0 Å². The molecule has 0 aromatic heterocycles. The summed E-state index contributed by atoms with van der Waals surface area (Å²) in [5.74, 6) is 0. The lowest BCUT2D eigenvalue weighted by atomic mass is 10.1. The largest absolute Gasteiger partial charge is 0.301 e. The van der Waals surface area contributed by atoms with Gasteiger partial charge in [-0.05, 0) is 44.6 Å². The van der Waals surface area contributed by atoms with Crippen molar-refractivity contribution in [1.29, 1.82) is 0 Å². The summed E-state index contributed by atoms with van der Waals surface area (Å²) in [5.41, 5.74) is 0.910. The number of benzene rings is 1. The van der Waals surface area contributed by atoms with E-state index in [0.29, 0.717) is 17.6 Å². The van der Waals surface area contributed by atoms with E-state index in [4.69, 9.17) is 11.6 Å². The Morgan fingerprint density at radius 2 is 2.29 bits per heavy atom. The van der Waals surface area contributed by atoms with Gasteiger partial charge in [0.2, 0.25) is 0 Å². The van der Waals surface area contributed by atoms with Crippen molar-refractivity contribution in [3.05, 3.63) is 38.9 Å². The van der Waals surface area contributed by atoms with E-state index < -0.39 is 0 Å². The first kappa shape index (κ1) is 16.2. The number of hydrogen-bond acceptors (Lipinski definition) is 4. The summed E-state index contributed by atoms with van der Waals surface area (Å²) in [6.07, 6.45) is 2.48. The summed E-state index contributed by atoms with van der Waals surface area (Å²) in [7, 11) is 2.04. The van der Waals surface area contributed by atoms with Crippen molar-refractivity contribution in [2.24, 2.45) is 0 Å². The van der Waals surface area contributed by atoms with E-state index in [9.17, 15) is 10.1 Å². The van der Waals surface area contributed by atoms with E-state index in [0.717, 1.165) is 18.7 Å². The summed E-state index contributed by atoms with van der Waals surface area (Å²) in [5, 5.41) is 11.4. The molecule has 0 radical (unpaired) electrons. The van der Waals surface area contributed by atoms with Crippen LogP contribution in [0.5, 0.6) is 0 Å². The molecule has 0 spiro atoms. The van der Waals surface area contributed by atoms with Crippen LogP contribution in [0.4, 0.5) is 5.69 Å². The summed E-state index contributed by atoms with van der Waals surface area (Å²) in [4.78, 5) is 15.2. The molecule has 1 aromatic carbocycles. The maximum absolute atomic E-state index is 10.9. The van der Waals surface area contributed by atoms with Gasteiger partial charge in [-0.1, -0.05) is 18.5 Å². The van der Waals surface area contributed by atoms with Crippen LogP contribution in [0.2, 0.25) is 5.02 Å². The van der Waals surface area contributed by atoms with Gasteiger partial charge in [-0.25, -0.2) is 0 Å². The average Bonchev–Trinajstić information content (AvgIpc) is 2.88. The minimum Gasteiger partial charge on any atom is -0.301 e. The molecular formula is C15H22ClN3O2. The monoisotopic (exact) mass is 311 g/mol. The predicted molar refractivity (Wildman–Crippen MR) is 84.7 cm³/mol. The van der Waals surface area contributed by atoms with Crippen molar-refractivity contribution in [2.45, 2.75) is 32.4 Å². The molecule has 6 heteroatoms. The molecule has 0 N–H and O–H groups in total. The third kappa shape index (κ3) is 4.15. The topological polar surface area (TPSA) is 49.6 Å². The maximum Gasteiger partial charge on any atom is 0.269 e. The van der Waals surface area contributed by atoms with Crippen LogP contribution in [0.3, 0.4) is 0 Å². The smallest absolute Gasteiger partial charge is 0.269 e. The number of likely N-dealkylation sites (N-methyl/N-ethyl adjacent to an activating group) is 2. The van der Waals surface area contributed by atoms with Gasteiger partial charge in [0.1, 0.15) is 0 Å². The summed E-state index contributed by atoms with van der Waals surface area (Å²) in [6, 6.07) is 5.21. The van der Waals surface area contributed by atoms with Crippen LogP contribution in [0, 0.1) is 10.1 Å². The maximum atomic E-state index is 10.9. The van der Waals surface area contributed by atoms with Crippen molar-refractivity contribution in [3.63, 3.8) is 0 Å². The van der Waals surface area contributed by atoms with Crippen molar-refractivity contribution in [1.82, 2.24) is 9.80 Å². The van der Waals surface area contributed by atoms with Crippen LogP contribution in [0.15, 0.2) is 18.2 Å². The van der Waals surface area contributed by atoms with Crippen molar-refractivity contribution in [2.75, 3.05) is 26.7 Å². The lowest BCUT2D eigenvalue weighted by Crippen LogP contribution is -2.38. The number of nitrogens with zero attached hydrogens (tertiary/aromatic N) is 3. The first-order chi connectivity index (χ1) is 10.0. The second kappa shape index (κ2) is 7.20. The Balaban J connectivity index is 2.00. The molecule has 0 saturated carbocycles. The number of hydrogen-bond donors (Lipinski definition) is 0. The highest BCUT2D eigenvalue weighted by atomic mass is 35.5. The Labute approximate surface area is 130 Å². The Bertz CT molecular complexity index is 510. The van der Waals surface area contributed by atoms with Gasteiger partial charge in [-0.3, -0.25) is 15.0 Å². The van der Waals surface area contributed by atoms with Crippen molar-refractivity contribution >= 4 is 17.3 Å². The van der Waals surface area contributed by atoms with E-state index in [1.165, 1.54) is 25.5 Å². The fraction of sp³-hybridized carbons (Fsp3) is 0.600.